The highest BCUT2D eigenvalue weighted by Gasteiger charge is 2.22. The molecule has 0 aromatic heterocycles. The van der Waals surface area contributed by atoms with Crippen LogP contribution in [0, 0.1) is 0 Å². The van der Waals surface area contributed by atoms with Crippen LogP contribution < -0.4 is 5.32 Å². The van der Waals surface area contributed by atoms with Gasteiger partial charge in [0.05, 0.1) is 6.61 Å². The van der Waals surface area contributed by atoms with Crippen LogP contribution in [0.25, 0.3) is 0 Å². The Morgan fingerprint density at radius 2 is 2.19 bits per heavy atom. The molecule has 2 N–H and O–H groups in total. The van der Waals surface area contributed by atoms with E-state index < -0.39 is 0 Å². The molecule has 4 nitrogen and oxygen atoms in total. The summed E-state index contributed by atoms with van der Waals surface area (Å²) in [6.07, 6.45) is 1.12. The minimum absolute atomic E-state index is 0.232. The van der Waals surface area contributed by atoms with Gasteiger partial charge in [-0.15, -0.1) is 0 Å². The fraction of sp³-hybridized carbons (Fsp3) is 1.00. The van der Waals surface area contributed by atoms with E-state index in [0.29, 0.717) is 6.04 Å². The Bertz CT molecular complexity index is 189. The number of nitrogens with one attached hydrogen (secondary N) is 1. The van der Waals surface area contributed by atoms with Gasteiger partial charge in [-0.25, -0.2) is 0 Å². The van der Waals surface area contributed by atoms with Gasteiger partial charge >= 0.3 is 0 Å². The van der Waals surface area contributed by atoms with Crippen LogP contribution in [0.2, 0.25) is 0 Å². The maximum absolute atomic E-state index is 9.30. The maximum Gasteiger partial charge on any atom is 0.0597 e. The number of piperazine rings is 1. The van der Waals surface area contributed by atoms with Gasteiger partial charge in [0.2, 0.25) is 0 Å². The van der Waals surface area contributed by atoms with E-state index in [1.165, 1.54) is 0 Å². The van der Waals surface area contributed by atoms with E-state index in [1.54, 1.807) is 0 Å². The Balaban J connectivity index is 2.29. The van der Waals surface area contributed by atoms with E-state index in [4.69, 9.17) is 0 Å². The highest BCUT2D eigenvalue weighted by Crippen LogP contribution is 2.07. The summed E-state index contributed by atoms with van der Waals surface area (Å²) < 4.78 is 0. The van der Waals surface area contributed by atoms with Crippen molar-refractivity contribution in [3.63, 3.8) is 0 Å². The number of hydrogen-bond acceptors (Lipinski definition) is 4. The summed E-state index contributed by atoms with van der Waals surface area (Å²) in [5.41, 5.74) is 0. The van der Waals surface area contributed by atoms with Gasteiger partial charge in [0.1, 0.15) is 0 Å². The molecule has 0 radical (unpaired) electrons. The summed E-state index contributed by atoms with van der Waals surface area (Å²) in [6.45, 7) is 9.97. The van der Waals surface area contributed by atoms with Crippen molar-refractivity contribution >= 4 is 0 Å². The first-order chi connectivity index (χ1) is 7.67. The molecule has 4 heteroatoms. The van der Waals surface area contributed by atoms with Gasteiger partial charge in [0.15, 0.2) is 0 Å². The molecule has 0 aromatic rings. The molecule has 0 spiro atoms. The van der Waals surface area contributed by atoms with Crippen molar-refractivity contribution in [3.05, 3.63) is 0 Å². The van der Waals surface area contributed by atoms with Crippen LogP contribution in [0.1, 0.15) is 20.3 Å². The molecule has 2 unspecified atom stereocenters. The number of likely N-dealkylation sites (N-methyl/N-ethyl adjacent to an activating group) is 1. The van der Waals surface area contributed by atoms with E-state index in [1.807, 2.05) is 0 Å². The lowest BCUT2D eigenvalue weighted by atomic mass is 10.2. The lowest BCUT2D eigenvalue weighted by Crippen LogP contribution is -2.54. The number of hydrogen-bond donors (Lipinski definition) is 2. The van der Waals surface area contributed by atoms with E-state index in [-0.39, 0.29) is 12.6 Å². The van der Waals surface area contributed by atoms with Crippen LogP contribution in [-0.4, -0.2) is 73.4 Å². The van der Waals surface area contributed by atoms with Crippen LogP contribution in [-0.2, 0) is 0 Å². The predicted octanol–water partition coefficient (Wildman–Crippen LogP) is -0.0172. The van der Waals surface area contributed by atoms with Gasteiger partial charge in [-0.2, -0.15) is 0 Å². The van der Waals surface area contributed by atoms with Crippen molar-refractivity contribution in [2.24, 2.45) is 0 Å². The second-order valence-corrected chi connectivity index (χ2v) is 4.92. The molecule has 0 bridgehead atoms. The molecule has 16 heavy (non-hydrogen) atoms. The zero-order valence-electron chi connectivity index (χ0n) is 10.9. The third-order valence-corrected chi connectivity index (χ3v) is 3.43. The third-order valence-electron chi connectivity index (χ3n) is 3.43. The average Bonchev–Trinajstić information content (AvgIpc) is 2.29. The second-order valence-electron chi connectivity index (χ2n) is 4.92. The normalized spacial score (nSPS) is 25.9. The summed E-state index contributed by atoms with van der Waals surface area (Å²) in [5.74, 6) is 0. The van der Waals surface area contributed by atoms with Gasteiger partial charge in [-0.3, -0.25) is 4.90 Å². The van der Waals surface area contributed by atoms with Gasteiger partial charge < -0.3 is 15.3 Å². The Hall–Kier alpha value is -0.160. The van der Waals surface area contributed by atoms with Crippen molar-refractivity contribution in [1.82, 2.24) is 15.1 Å². The van der Waals surface area contributed by atoms with Crippen LogP contribution in [0.4, 0.5) is 0 Å². The highest BCUT2D eigenvalue weighted by molar-refractivity contribution is 4.80. The Morgan fingerprint density at radius 1 is 1.44 bits per heavy atom. The Labute approximate surface area is 99.6 Å². The fourth-order valence-corrected chi connectivity index (χ4v) is 2.14. The summed E-state index contributed by atoms with van der Waals surface area (Å²) >= 11 is 0. The Morgan fingerprint density at radius 3 is 2.75 bits per heavy atom. The van der Waals surface area contributed by atoms with E-state index in [0.717, 1.165) is 39.1 Å². The smallest absolute Gasteiger partial charge is 0.0597 e. The Kier molecular flexibility index (Phi) is 6.28. The largest absolute Gasteiger partial charge is 0.395 e. The molecule has 0 saturated carbocycles. The molecule has 0 aliphatic carbocycles. The molecule has 0 aromatic carbocycles. The van der Waals surface area contributed by atoms with Crippen LogP contribution in [0.3, 0.4) is 0 Å². The van der Waals surface area contributed by atoms with Gasteiger partial charge in [-0.05, 0) is 26.9 Å². The number of rotatable bonds is 6. The SMILES string of the molecule is CCCNC(CO)CN1CCN(C)C(C)C1. The molecular weight excluding hydrogens is 202 g/mol. The standard InChI is InChI=1S/C12H27N3O/c1-4-5-13-12(10-16)9-15-7-6-14(3)11(2)8-15/h11-13,16H,4-10H2,1-3H3. The number of aliphatic hydroxyl groups is 1. The summed E-state index contributed by atoms with van der Waals surface area (Å²) in [5, 5.41) is 12.7. The molecule has 96 valence electrons. The summed E-state index contributed by atoms with van der Waals surface area (Å²) in [4.78, 5) is 4.85. The summed E-state index contributed by atoms with van der Waals surface area (Å²) in [7, 11) is 2.18. The zero-order valence-corrected chi connectivity index (χ0v) is 10.9. The lowest BCUT2D eigenvalue weighted by molar-refractivity contribution is 0.0876. The molecule has 1 saturated heterocycles. The number of nitrogens with zero attached hydrogens (tertiary/aromatic N) is 2. The van der Waals surface area contributed by atoms with Gasteiger partial charge in [0, 0.05) is 38.3 Å². The highest BCUT2D eigenvalue weighted by atomic mass is 16.3. The minimum atomic E-state index is 0.232. The molecule has 0 amide bonds. The molecule has 1 aliphatic rings. The first-order valence-corrected chi connectivity index (χ1v) is 6.44. The van der Waals surface area contributed by atoms with Gasteiger partial charge in [0.25, 0.3) is 0 Å². The topological polar surface area (TPSA) is 38.7 Å². The zero-order chi connectivity index (χ0) is 12.0. The van der Waals surface area contributed by atoms with Crippen molar-refractivity contribution < 1.29 is 5.11 Å². The summed E-state index contributed by atoms with van der Waals surface area (Å²) in [6, 6.07) is 0.856. The predicted molar refractivity (Wildman–Crippen MR) is 67.7 cm³/mol. The van der Waals surface area contributed by atoms with Crippen molar-refractivity contribution in [2.75, 3.05) is 46.4 Å². The molecule has 1 aliphatic heterocycles. The van der Waals surface area contributed by atoms with Crippen molar-refractivity contribution in [2.45, 2.75) is 32.4 Å². The fourth-order valence-electron chi connectivity index (χ4n) is 2.14. The maximum atomic E-state index is 9.30. The van der Waals surface area contributed by atoms with Crippen LogP contribution in [0.5, 0.6) is 0 Å². The van der Waals surface area contributed by atoms with Crippen LogP contribution in [0.15, 0.2) is 0 Å². The molecule has 1 heterocycles. The molecule has 1 rings (SSSR count). The van der Waals surface area contributed by atoms with Gasteiger partial charge in [-0.1, -0.05) is 6.92 Å². The molecule has 2 atom stereocenters. The third kappa shape index (κ3) is 4.37. The first kappa shape index (κ1) is 13.9. The second kappa shape index (κ2) is 7.22. The molecular formula is C12H27N3O. The lowest BCUT2D eigenvalue weighted by Gasteiger charge is -2.39. The van der Waals surface area contributed by atoms with Crippen molar-refractivity contribution in [3.8, 4) is 0 Å². The monoisotopic (exact) mass is 229 g/mol. The molecule has 1 fully saturated rings. The minimum Gasteiger partial charge on any atom is -0.395 e. The average molecular weight is 229 g/mol. The van der Waals surface area contributed by atoms with E-state index in [2.05, 4.69) is 36.0 Å². The van der Waals surface area contributed by atoms with Crippen LogP contribution >= 0.6 is 0 Å². The quantitative estimate of drug-likeness (QED) is 0.671. The first-order valence-electron chi connectivity index (χ1n) is 6.44. The van der Waals surface area contributed by atoms with E-state index >= 15 is 0 Å². The number of aliphatic hydroxyl groups excluding tert-OH is 1. The van der Waals surface area contributed by atoms with E-state index in [9.17, 15) is 5.11 Å². The van der Waals surface area contributed by atoms with Crippen molar-refractivity contribution in [1.29, 1.82) is 0 Å².